The van der Waals surface area contributed by atoms with Gasteiger partial charge in [0, 0.05) is 33.4 Å². The lowest BCUT2D eigenvalue weighted by Crippen LogP contribution is -2.10. The predicted molar refractivity (Wildman–Crippen MR) is 100 cm³/mol. The standard InChI is InChI=1S/C17H9ClFN3OS2/c18-14-11-4-3-10(19)6-13(11)25-15(14)16(23)22-17-21-12(8-24-17)9-2-1-5-20-7-9/h1-8H,(H,21,22,23). The number of nitrogens with one attached hydrogen (secondary N) is 1. The summed E-state index contributed by atoms with van der Waals surface area (Å²) >= 11 is 8.74. The van der Waals surface area contributed by atoms with E-state index in [1.807, 2.05) is 17.5 Å². The Kier molecular flexibility index (Phi) is 4.20. The highest BCUT2D eigenvalue weighted by Crippen LogP contribution is 2.36. The molecule has 4 aromatic rings. The van der Waals surface area contributed by atoms with Gasteiger partial charge in [-0.15, -0.1) is 22.7 Å². The Bertz CT molecular complexity index is 1080. The fourth-order valence-electron chi connectivity index (χ4n) is 2.32. The van der Waals surface area contributed by atoms with Crippen molar-refractivity contribution in [2.24, 2.45) is 0 Å². The fraction of sp³-hybridized carbons (Fsp3) is 0. The third kappa shape index (κ3) is 3.13. The van der Waals surface area contributed by atoms with Crippen LogP contribution in [0.15, 0.2) is 48.1 Å². The van der Waals surface area contributed by atoms with Crippen molar-refractivity contribution in [3.05, 3.63) is 63.8 Å². The molecule has 0 saturated heterocycles. The van der Waals surface area contributed by atoms with Gasteiger partial charge in [-0.2, -0.15) is 0 Å². The van der Waals surface area contributed by atoms with Crippen LogP contribution in [0.4, 0.5) is 9.52 Å². The normalized spacial score (nSPS) is 11.0. The summed E-state index contributed by atoms with van der Waals surface area (Å²) in [5.74, 6) is -0.725. The summed E-state index contributed by atoms with van der Waals surface area (Å²) in [4.78, 5) is 21.3. The number of hydrogen-bond acceptors (Lipinski definition) is 5. The first kappa shape index (κ1) is 16.1. The van der Waals surface area contributed by atoms with Crippen LogP contribution < -0.4 is 5.32 Å². The first-order chi connectivity index (χ1) is 12.1. The highest BCUT2D eigenvalue weighted by atomic mass is 35.5. The topological polar surface area (TPSA) is 54.9 Å². The average Bonchev–Trinajstić information content (AvgIpc) is 3.20. The molecule has 0 atom stereocenters. The molecule has 0 spiro atoms. The van der Waals surface area contributed by atoms with Crippen LogP contribution in [0, 0.1) is 5.82 Å². The summed E-state index contributed by atoms with van der Waals surface area (Å²) < 4.78 is 14.0. The van der Waals surface area contributed by atoms with E-state index < -0.39 is 0 Å². The predicted octanol–water partition coefficient (Wildman–Crippen LogP) is 5.46. The van der Waals surface area contributed by atoms with E-state index in [2.05, 4.69) is 15.3 Å². The number of halogens is 2. The second kappa shape index (κ2) is 6.51. The van der Waals surface area contributed by atoms with E-state index in [-0.39, 0.29) is 11.7 Å². The lowest BCUT2D eigenvalue weighted by atomic mass is 10.2. The quantitative estimate of drug-likeness (QED) is 0.505. The summed E-state index contributed by atoms with van der Waals surface area (Å²) in [6.07, 6.45) is 3.39. The zero-order valence-electron chi connectivity index (χ0n) is 12.5. The fourth-order valence-corrected chi connectivity index (χ4v) is 4.47. The molecule has 4 rings (SSSR count). The largest absolute Gasteiger partial charge is 0.297 e. The number of fused-ring (bicyclic) bond motifs is 1. The van der Waals surface area contributed by atoms with Crippen LogP contribution in [-0.4, -0.2) is 15.9 Å². The molecule has 124 valence electrons. The van der Waals surface area contributed by atoms with Crippen LogP contribution in [-0.2, 0) is 0 Å². The summed E-state index contributed by atoms with van der Waals surface area (Å²) in [7, 11) is 0. The number of thiophene rings is 1. The molecule has 0 bridgehead atoms. The molecule has 25 heavy (non-hydrogen) atoms. The molecule has 0 radical (unpaired) electrons. The van der Waals surface area contributed by atoms with Gasteiger partial charge >= 0.3 is 0 Å². The van der Waals surface area contributed by atoms with Crippen LogP contribution in [0.5, 0.6) is 0 Å². The third-order valence-electron chi connectivity index (χ3n) is 3.48. The molecule has 0 fully saturated rings. The van der Waals surface area contributed by atoms with Gasteiger partial charge in [0.1, 0.15) is 10.7 Å². The molecular weight excluding hydrogens is 381 g/mol. The summed E-state index contributed by atoms with van der Waals surface area (Å²) in [5, 5.41) is 6.03. The van der Waals surface area contributed by atoms with E-state index in [1.165, 1.54) is 23.5 Å². The Morgan fingerprint density at radius 1 is 1.28 bits per heavy atom. The number of pyridine rings is 1. The van der Waals surface area contributed by atoms with Crippen LogP contribution in [0.2, 0.25) is 5.02 Å². The van der Waals surface area contributed by atoms with Gasteiger partial charge in [0.2, 0.25) is 0 Å². The number of carbonyl (C=O) groups is 1. The summed E-state index contributed by atoms with van der Waals surface area (Å²) in [6, 6.07) is 7.98. The minimum Gasteiger partial charge on any atom is -0.297 e. The maximum absolute atomic E-state index is 13.3. The van der Waals surface area contributed by atoms with Gasteiger partial charge < -0.3 is 0 Å². The van der Waals surface area contributed by atoms with Gasteiger partial charge in [-0.3, -0.25) is 15.1 Å². The molecule has 1 N–H and O–H groups in total. The number of anilines is 1. The number of carbonyl (C=O) groups excluding carboxylic acids is 1. The van der Waals surface area contributed by atoms with Gasteiger partial charge in [0.25, 0.3) is 5.91 Å². The van der Waals surface area contributed by atoms with Crippen molar-refractivity contribution in [3.8, 4) is 11.3 Å². The number of nitrogens with zero attached hydrogens (tertiary/aromatic N) is 2. The van der Waals surface area contributed by atoms with E-state index in [0.717, 1.165) is 22.6 Å². The Hall–Kier alpha value is -2.35. The van der Waals surface area contributed by atoms with E-state index in [4.69, 9.17) is 11.6 Å². The van der Waals surface area contributed by atoms with E-state index in [1.54, 1.807) is 18.5 Å². The zero-order valence-corrected chi connectivity index (χ0v) is 14.9. The minimum atomic E-state index is -0.363. The molecule has 8 heteroatoms. The van der Waals surface area contributed by atoms with Gasteiger partial charge in [0.05, 0.1) is 10.7 Å². The van der Waals surface area contributed by atoms with Crippen LogP contribution in [0.1, 0.15) is 9.67 Å². The first-order valence-corrected chi connectivity index (χ1v) is 9.24. The van der Waals surface area contributed by atoms with Gasteiger partial charge in [-0.25, -0.2) is 9.37 Å². The Balaban J connectivity index is 1.60. The second-order valence-electron chi connectivity index (χ2n) is 5.12. The van der Waals surface area contributed by atoms with Gasteiger partial charge in [0.15, 0.2) is 5.13 Å². The smallest absolute Gasteiger partial charge is 0.269 e. The summed E-state index contributed by atoms with van der Waals surface area (Å²) in [5.41, 5.74) is 1.60. The average molecular weight is 390 g/mol. The van der Waals surface area contributed by atoms with Crippen LogP contribution in [0.3, 0.4) is 0 Å². The molecule has 4 nitrogen and oxygen atoms in total. The second-order valence-corrected chi connectivity index (χ2v) is 7.41. The lowest BCUT2D eigenvalue weighted by molar-refractivity contribution is 0.103. The van der Waals surface area contributed by atoms with Crippen molar-refractivity contribution in [2.45, 2.75) is 0 Å². The Morgan fingerprint density at radius 2 is 2.16 bits per heavy atom. The molecule has 3 aromatic heterocycles. The maximum Gasteiger partial charge on any atom is 0.269 e. The van der Waals surface area contributed by atoms with Crippen molar-refractivity contribution >= 4 is 55.4 Å². The van der Waals surface area contributed by atoms with E-state index in [0.29, 0.717) is 25.1 Å². The number of benzene rings is 1. The summed E-state index contributed by atoms with van der Waals surface area (Å²) in [6.45, 7) is 0. The van der Waals surface area contributed by atoms with Crippen molar-refractivity contribution in [1.29, 1.82) is 0 Å². The SMILES string of the molecule is O=C(Nc1nc(-c2cccnc2)cs1)c1sc2cc(F)ccc2c1Cl. The molecule has 0 saturated carbocycles. The molecule has 0 aliphatic carbocycles. The maximum atomic E-state index is 13.3. The van der Waals surface area contributed by atoms with Crippen molar-refractivity contribution in [3.63, 3.8) is 0 Å². The zero-order chi connectivity index (χ0) is 17.4. The highest BCUT2D eigenvalue weighted by Gasteiger charge is 2.19. The lowest BCUT2D eigenvalue weighted by Gasteiger charge is -1.99. The molecule has 3 heterocycles. The Morgan fingerprint density at radius 3 is 2.96 bits per heavy atom. The van der Waals surface area contributed by atoms with Crippen molar-refractivity contribution < 1.29 is 9.18 Å². The highest BCUT2D eigenvalue weighted by molar-refractivity contribution is 7.21. The molecular formula is C17H9ClFN3OS2. The molecule has 0 aliphatic heterocycles. The Labute approximate surface area is 154 Å². The van der Waals surface area contributed by atoms with E-state index in [9.17, 15) is 9.18 Å². The molecule has 1 aromatic carbocycles. The van der Waals surface area contributed by atoms with Gasteiger partial charge in [-0.1, -0.05) is 11.6 Å². The van der Waals surface area contributed by atoms with Crippen molar-refractivity contribution in [2.75, 3.05) is 5.32 Å². The number of aromatic nitrogens is 2. The number of amides is 1. The number of hydrogen-bond donors (Lipinski definition) is 1. The molecule has 0 aliphatic rings. The first-order valence-electron chi connectivity index (χ1n) is 7.16. The monoisotopic (exact) mass is 389 g/mol. The molecule has 1 amide bonds. The number of thiazole rings is 1. The van der Waals surface area contributed by atoms with Gasteiger partial charge in [-0.05, 0) is 30.3 Å². The molecule has 0 unspecified atom stereocenters. The van der Waals surface area contributed by atoms with Crippen LogP contribution in [0.25, 0.3) is 21.3 Å². The van der Waals surface area contributed by atoms with E-state index >= 15 is 0 Å². The minimum absolute atomic E-state index is 0.321. The van der Waals surface area contributed by atoms with Crippen LogP contribution >= 0.6 is 34.3 Å². The number of rotatable bonds is 3. The third-order valence-corrected chi connectivity index (χ3v) is 5.89. The van der Waals surface area contributed by atoms with Crippen molar-refractivity contribution in [1.82, 2.24) is 9.97 Å².